The van der Waals surface area contributed by atoms with E-state index in [-0.39, 0.29) is 11.3 Å². The average molecular weight is 254 g/mol. The Morgan fingerprint density at radius 1 is 1.28 bits per heavy atom. The summed E-state index contributed by atoms with van der Waals surface area (Å²) in [4.78, 5) is 0. The van der Waals surface area contributed by atoms with Crippen molar-refractivity contribution in [3.8, 4) is 5.75 Å². The molecule has 1 rings (SSSR count). The van der Waals surface area contributed by atoms with Crippen LogP contribution in [0.25, 0.3) is 0 Å². The number of nitrogens with one attached hydrogen (secondary N) is 1. The van der Waals surface area contributed by atoms with Crippen LogP contribution in [0.4, 0.5) is 15.8 Å². The summed E-state index contributed by atoms with van der Waals surface area (Å²) in [6.45, 7) is 8.60. The number of anilines is 2. The summed E-state index contributed by atoms with van der Waals surface area (Å²) < 4.78 is 18.8. The van der Waals surface area contributed by atoms with Crippen molar-refractivity contribution >= 4 is 11.4 Å². The lowest BCUT2D eigenvalue weighted by Crippen LogP contribution is -2.33. The Hall–Kier alpha value is -1.45. The van der Waals surface area contributed by atoms with E-state index < -0.39 is 5.82 Å². The monoisotopic (exact) mass is 254 g/mol. The van der Waals surface area contributed by atoms with Gasteiger partial charge in [0.1, 0.15) is 0 Å². The quantitative estimate of drug-likeness (QED) is 0.759. The molecule has 0 heterocycles. The number of benzene rings is 1. The lowest BCUT2D eigenvalue weighted by Gasteiger charge is -2.30. The first-order valence-corrected chi connectivity index (χ1v) is 6.45. The van der Waals surface area contributed by atoms with Crippen LogP contribution < -0.4 is 15.8 Å². The fraction of sp³-hybridized carbons (Fsp3) is 0.571. The van der Waals surface area contributed by atoms with Gasteiger partial charge in [0.2, 0.25) is 0 Å². The molecule has 0 radical (unpaired) electrons. The van der Waals surface area contributed by atoms with Crippen molar-refractivity contribution in [2.75, 3.05) is 17.7 Å². The molecule has 0 saturated carbocycles. The second kappa shape index (κ2) is 5.94. The third kappa shape index (κ3) is 3.28. The normalized spacial score (nSPS) is 11.4. The lowest BCUT2D eigenvalue weighted by molar-refractivity contribution is 0.321. The molecule has 0 bridgehead atoms. The van der Waals surface area contributed by atoms with Gasteiger partial charge in [0.15, 0.2) is 11.6 Å². The Morgan fingerprint density at radius 2 is 1.89 bits per heavy atom. The Kier molecular flexibility index (Phi) is 4.82. The number of ether oxygens (including phenoxy) is 1. The minimum Gasteiger partial charge on any atom is -0.491 e. The lowest BCUT2D eigenvalue weighted by atomic mass is 9.95. The third-order valence-electron chi connectivity index (χ3n) is 3.40. The van der Waals surface area contributed by atoms with Gasteiger partial charge in [-0.25, -0.2) is 4.39 Å². The maximum absolute atomic E-state index is 13.6. The van der Waals surface area contributed by atoms with E-state index in [1.807, 2.05) is 6.92 Å². The summed E-state index contributed by atoms with van der Waals surface area (Å²) >= 11 is 0. The van der Waals surface area contributed by atoms with E-state index >= 15 is 0 Å². The molecule has 1 aromatic carbocycles. The van der Waals surface area contributed by atoms with Gasteiger partial charge in [0.05, 0.1) is 18.0 Å². The molecule has 102 valence electrons. The van der Waals surface area contributed by atoms with E-state index in [9.17, 15) is 4.39 Å². The maximum atomic E-state index is 13.6. The Balaban J connectivity index is 3.05. The van der Waals surface area contributed by atoms with Gasteiger partial charge in [-0.05, 0) is 26.7 Å². The zero-order valence-corrected chi connectivity index (χ0v) is 11.6. The van der Waals surface area contributed by atoms with Crippen LogP contribution in [0.2, 0.25) is 0 Å². The van der Waals surface area contributed by atoms with Crippen LogP contribution in [0.3, 0.4) is 0 Å². The smallest absolute Gasteiger partial charge is 0.167 e. The number of nitrogen functional groups attached to an aromatic ring is 1. The first-order valence-electron chi connectivity index (χ1n) is 6.45. The molecule has 0 saturated heterocycles. The highest BCUT2D eigenvalue weighted by atomic mass is 19.1. The highest BCUT2D eigenvalue weighted by molar-refractivity contribution is 5.69. The van der Waals surface area contributed by atoms with Gasteiger partial charge < -0.3 is 15.8 Å². The standard InChI is InChI=1S/C14H23FN2O/c1-5-14(4,6-2)17-12-9-13(18-7-3)10(15)8-11(12)16/h8-9,17H,5-7,16H2,1-4H3. The fourth-order valence-corrected chi connectivity index (χ4v) is 1.70. The van der Waals surface area contributed by atoms with Gasteiger partial charge in [0, 0.05) is 17.7 Å². The molecule has 0 aromatic heterocycles. The first kappa shape index (κ1) is 14.6. The molecule has 1 aromatic rings. The van der Waals surface area contributed by atoms with Crippen molar-refractivity contribution in [2.45, 2.75) is 46.1 Å². The molecule has 4 heteroatoms. The van der Waals surface area contributed by atoms with E-state index in [0.29, 0.717) is 12.3 Å². The Labute approximate surface area is 109 Å². The van der Waals surface area contributed by atoms with Crippen molar-refractivity contribution in [2.24, 2.45) is 0 Å². The van der Waals surface area contributed by atoms with E-state index in [0.717, 1.165) is 18.5 Å². The van der Waals surface area contributed by atoms with Gasteiger partial charge in [-0.3, -0.25) is 0 Å². The van der Waals surface area contributed by atoms with Crippen molar-refractivity contribution < 1.29 is 9.13 Å². The van der Waals surface area contributed by atoms with Gasteiger partial charge in [-0.2, -0.15) is 0 Å². The molecule has 0 amide bonds. The predicted molar refractivity (Wildman–Crippen MR) is 74.6 cm³/mol. The van der Waals surface area contributed by atoms with Crippen molar-refractivity contribution in [1.29, 1.82) is 0 Å². The minimum absolute atomic E-state index is 0.0462. The second-order valence-corrected chi connectivity index (χ2v) is 4.70. The van der Waals surface area contributed by atoms with Crippen LogP contribution in [0, 0.1) is 5.82 Å². The van der Waals surface area contributed by atoms with Crippen molar-refractivity contribution in [3.63, 3.8) is 0 Å². The van der Waals surface area contributed by atoms with Crippen LogP contribution in [0.1, 0.15) is 40.5 Å². The maximum Gasteiger partial charge on any atom is 0.167 e. The molecule has 0 fully saturated rings. The predicted octanol–water partition coefficient (Wildman–Crippen LogP) is 3.80. The van der Waals surface area contributed by atoms with Crippen molar-refractivity contribution in [3.05, 3.63) is 17.9 Å². The highest BCUT2D eigenvalue weighted by Crippen LogP contribution is 2.31. The molecule has 0 aliphatic carbocycles. The summed E-state index contributed by atoms with van der Waals surface area (Å²) in [7, 11) is 0. The number of nitrogens with two attached hydrogens (primary N) is 1. The van der Waals surface area contributed by atoms with Gasteiger partial charge in [0.25, 0.3) is 0 Å². The summed E-state index contributed by atoms with van der Waals surface area (Å²) in [5.41, 5.74) is 6.93. The zero-order chi connectivity index (χ0) is 13.8. The largest absolute Gasteiger partial charge is 0.491 e. The van der Waals surface area contributed by atoms with Gasteiger partial charge in [-0.1, -0.05) is 13.8 Å². The van der Waals surface area contributed by atoms with E-state index in [2.05, 4.69) is 26.1 Å². The average Bonchev–Trinajstić information content (AvgIpc) is 2.35. The van der Waals surface area contributed by atoms with Crippen LogP contribution in [-0.4, -0.2) is 12.1 Å². The molecule has 0 spiro atoms. The molecule has 0 unspecified atom stereocenters. The second-order valence-electron chi connectivity index (χ2n) is 4.70. The van der Waals surface area contributed by atoms with Gasteiger partial charge >= 0.3 is 0 Å². The molecule has 18 heavy (non-hydrogen) atoms. The summed E-state index contributed by atoms with van der Waals surface area (Å²) in [6.07, 6.45) is 1.93. The van der Waals surface area contributed by atoms with Crippen LogP contribution in [0.15, 0.2) is 12.1 Å². The first-order chi connectivity index (χ1) is 8.45. The molecular weight excluding hydrogens is 231 g/mol. The van der Waals surface area contributed by atoms with Crippen LogP contribution >= 0.6 is 0 Å². The summed E-state index contributed by atoms with van der Waals surface area (Å²) in [5.74, 6) is -0.182. The molecule has 0 atom stereocenters. The van der Waals surface area contributed by atoms with E-state index in [1.54, 1.807) is 6.07 Å². The van der Waals surface area contributed by atoms with Gasteiger partial charge in [-0.15, -0.1) is 0 Å². The number of hydrogen-bond acceptors (Lipinski definition) is 3. The summed E-state index contributed by atoms with van der Waals surface area (Å²) in [5, 5.41) is 3.38. The number of hydrogen-bond donors (Lipinski definition) is 2. The SMILES string of the molecule is CCOc1cc(NC(C)(CC)CC)c(N)cc1F. The topological polar surface area (TPSA) is 47.3 Å². The molecule has 3 N–H and O–H groups in total. The third-order valence-corrected chi connectivity index (χ3v) is 3.40. The molecule has 3 nitrogen and oxygen atoms in total. The zero-order valence-electron chi connectivity index (χ0n) is 11.6. The number of halogens is 1. The van der Waals surface area contributed by atoms with Crippen molar-refractivity contribution in [1.82, 2.24) is 0 Å². The molecular formula is C14H23FN2O. The molecule has 0 aliphatic rings. The summed E-state index contributed by atoms with van der Waals surface area (Å²) in [6, 6.07) is 2.94. The van der Waals surface area contributed by atoms with E-state index in [4.69, 9.17) is 10.5 Å². The Morgan fingerprint density at radius 3 is 2.39 bits per heavy atom. The highest BCUT2D eigenvalue weighted by Gasteiger charge is 2.21. The Bertz CT molecular complexity index is 403. The number of rotatable bonds is 6. The minimum atomic E-state index is -0.422. The van der Waals surface area contributed by atoms with Crippen LogP contribution in [0.5, 0.6) is 5.75 Å². The van der Waals surface area contributed by atoms with E-state index in [1.165, 1.54) is 6.07 Å². The molecule has 0 aliphatic heterocycles. The fourth-order valence-electron chi connectivity index (χ4n) is 1.70. The van der Waals surface area contributed by atoms with Crippen LogP contribution in [-0.2, 0) is 0 Å².